The van der Waals surface area contributed by atoms with Crippen LogP contribution in [0.25, 0.3) is 0 Å². The maximum atomic E-state index is 12.2. The molecule has 1 fully saturated rings. The van der Waals surface area contributed by atoms with Gasteiger partial charge in [-0.3, -0.25) is 0 Å². The lowest BCUT2D eigenvalue weighted by Gasteiger charge is -2.27. The van der Waals surface area contributed by atoms with Crippen LogP contribution in [0.1, 0.15) is 19.4 Å². The van der Waals surface area contributed by atoms with E-state index in [0.717, 1.165) is 25.2 Å². The molecular formula is C12H16F3NO. The molecule has 1 saturated heterocycles. The standard InChI is InChI=1S/C10H10F3NO.C2H6/c11-10(12,13)7-1-3-8(4-2-7)15-9-5-14-6-9;1-2/h1-4,9,14H,5-6H2;1-2H3. The summed E-state index contributed by atoms with van der Waals surface area (Å²) < 4.78 is 42.0. The van der Waals surface area contributed by atoms with Gasteiger partial charge in [-0.1, -0.05) is 13.8 Å². The van der Waals surface area contributed by atoms with Crippen molar-refractivity contribution in [3.05, 3.63) is 29.8 Å². The minimum absolute atomic E-state index is 0.0849. The maximum absolute atomic E-state index is 12.2. The smallest absolute Gasteiger partial charge is 0.416 e. The molecule has 1 aliphatic heterocycles. The van der Waals surface area contributed by atoms with Crippen molar-refractivity contribution in [2.75, 3.05) is 13.1 Å². The summed E-state index contributed by atoms with van der Waals surface area (Å²) in [5.41, 5.74) is -0.651. The zero-order valence-electron chi connectivity index (χ0n) is 9.84. The highest BCUT2D eigenvalue weighted by Gasteiger charge is 2.30. The van der Waals surface area contributed by atoms with Gasteiger partial charge >= 0.3 is 6.18 Å². The molecule has 0 saturated carbocycles. The molecule has 5 heteroatoms. The van der Waals surface area contributed by atoms with Crippen molar-refractivity contribution < 1.29 is 17.9 Å². The predicted molar refractivity (Wildman–Crippen MR) is 60.1 cm³/mol. The first-order valence-electron chi connectivity index (χ1n) is 5.60. The molecule has 0 bridgehead atoms. The van der Waals surface area contributed by atoms with Crippen LogP contribution in [0.4, 0.5) is 13.2 Å². The summed E-state index contributed by atoms with van der Waals surface area (Å²) in [6, 6.07) is 4.76. The second kappa shape index (κ2) is 5.91. The quantitative estimate of drug-likeness (QED) is 0.867. The summed E-state index contributed by atoms with van der Waals surface area (Å²) in [6.07, 6.45) is -4.20. The molecular weight excluding hydrogens is 231 g/mol. The Morgan fingerprint density at radius 1 is 1.12 bits per heavy atom. The van der Waals surface area contributed by atoms with Gasteiger partial charge in [0.05, 0.1) is 5.56 Å². The second-order valence-electron chi connectivity index (χ2n) is 3.42. The maximum Gasteiger partial charge on any atom is 0.416 e. The van der Waals surface area contributed by atoms with E-state index in [-0.39, 0.29) is 6.10 Å². The Kier molecular flexibility index (Phi) is 4.81. The molecule has 0 aliphatic carbocycles. The SMILES string of the molecule is CC.FC(F)(F)c1ccc(OC2CNC2)cc1. The zero-order chi connectivity index (χ0) is 12.9. The fraction of sp³-hybridized carbons (Fsp3) is 0.500. The molecule has 0 unspecified atom stereocenters. The van der Waals surface area contributed by atoms with Gasteiger partial charge in [-0.2, -0.15) is 13.2 Å². The molecule has 1 N–H and O–H groups in total. The molecule has 0 aromatic heterocycles. The minimum atomic E-state index is -4.28. The average Bonchev–Trinajstić information content (AvgIpc) is 2.26. The number of hydrogen-bond acceptors (Lipinski definition) is 2. The van der Waals surface area contributed by atoms with Gasteiger partial charge in [-0.15, -0.1) is 0 Å². The van der Waals surface area contributed by atoms with Crippen molar-refractivity contribution in [1.82, 2.24) is 5.32 Å². The average molecular weight is 247 g/mol. The summed E-state index contributed by atoms with van der Waals surface area (Å²) in [6.45, 7) is 5.50. The Hall–Kier alpha value is -1.23. The second-order valence-corrected chi connectivity index (χ2v) is 3.42. The van der Waals surface area contributed by atoms with Crippen LogP contribution in [0, 0.1) is 0 Å². The Bertz CT molecular complexity index is 331. The van der Waals surface area contributed by atoms with Gasteiger partial charge in [0, 0.05) is 13.1 Å². The number of halogens is 3. The van der Waals surface area contributed by atoms with Crippen LogP contribution in [-0.2, 0) is 6.18 Å². The molecule has 0 atom stereocenters. The minimum Gasteiger partial charge on any atom is -0.488 e. The van der Waals surface area contributed by atoms with Gasteiger partial charge in [0.25, 0.3) is 0 Å². The number of rotatable bonds is 2. The first kappa shape index (κ1) is 13.8. The van der Waals surface area contributed by atoms with Crippen LogP contribution in [0.2, 0.25) is 0 Å². The first-order valence-corrected chi connectivity index (χ1v) is 5.60. The largest absolute Gasteiger partial charge is 0.488 e. The third kappa shape index (κ3) is 3.93. The van der Waals surface area contributed by atoms with E-state index >= 15 is 0 Å². The summed E-state index contributed by atoms with van der Waals surface area (Å²) in [7, 11) is 0. The highest BCUT2D eigenvalue weighted by Crippen LogP contribution is 2.30. The Labute approximate surface area is 98.8 Å². The number of alkyl halides is 3. The van der Waals surface area contributed by atoms with Gasteiger partial charge in [-0.25, -0.2) is 0 Å². The van der Waals surface area contributed by atoms with E-state index in [1.165, 1.54) is 12.1 Å². The van der Waals surface area contributed by atoms with E-state index in [0.29, 0.717) is 5.75 Å². The number of benzene rings is 1. The van der Waals surface area contributed by atoms with Crippen LogP contribution in [0.3, 0.4) is 0 Å². The van der Waals surface area contributed by atoms with Crippen LogP contribution >= 0.6 is 0 Å². The highest BCUT2D eigenvalue weighted by molar-refractivity contribution is 5.29. The highest BCUT2D eigenvalue weighted by atomic mass is 19.4. The van der Waals surface area contributed by atoms with E-state index in [2.05, 4.69) is 5.32 Å². The molecule has 0 spiro atoms. The lowest BCUT2D eigenvalue weighted by Crippen LogP contribution is -2.50. The summed E-state index contributed by atoms with van der Waals surface area (Å²) in [5.74, 6) is 0.481. The normalized spacial score (nSPS) is 15.6. The first-order chi connectivity index (χ1) is 8.05. The third-order valence-corrected chi connectivity index (χ3v) is 2.23. The molecule has 2 rings (SSSR count). The van der Waals surface area contributed by atoms with E-state index in [4.69, 9.17) is 4.74 Å². The molecule has 1 aromatic rings. The molecule has 96 valence electrons. The molecule has 1 heterocycles. The van der Waals surface area contributed by atoms with Gasteiger partial charge < -0.3 is 10.1 Å². The van der Waals surface area contributed by atoms with Gasteiger partial charge in [0.1, 0.15) is 11.9 Å². The Morgan fingerprint density at radius 2 is 1.65 bits per heavy atom. The van der Waals surface area contributed by atoms with Crippen LogP contribution in [0.5, 0.6) is 5.75 Å². The summed E-state index contributed by atoms with van der Waals surface area (Å²) in [5, 5.41) is 3.01. The number of ether oxygens (including phenoxy) is 1. The fourth-order valence-electron chi connectivity index (χ4n) is 1.26. The lowest BCUT2D eigenvalue weighted by atomic mass is 10.2. The Balaban J connectivity index is 0.000000686. The molecule has 1 aromatic carbocycles. The number of nitrogens with one attached hydrogen (secondary N) is 1. The Morgan fingerprint density at radius 3 is 2.00 bits per heavy atom. The zero-order valence-corrected chi connectivity index (χ0v) is 9.84. The van der Waals surface area contributed by atoms with Crippen LogP contribution in [-0.4, -0.2) is 19.2 Å². The number of hydrogen-bond donors (Lipinski definition) is 1. The lowest BCUT2D eigenvalue weighted by molar-refractivity contribution is -0.137. The van der Waals surface area contributed by atoms with Crippen molar-refractivity contribution in [3.8, 4) is 5.75 Å². The van der Waals surface area contributed by atoms with E-state index in [1.807, 2.05) is 13.8 Å². The summed E-state index contributed by atoms with van der Waals surface area (Å²) in [4.78, 5) is 0. The monoisotopic (exact) mass is 247 g/mol. The van der Waals surface area contributed by atoms with Crippen molar-refractivity contribution in [1.29, 1.82) is 0 Å². The summed E-state index contributed by atoms with van der Waals surface area (Å²) >= 11 is 0. The molecule has 0 amide bonds. The van der Waals surface area contributed by atoms with Crippen LogP contribution in [0.15, 0.2) is 24.3 Å². The van der Waals surface area contributed by atoms with E-state index < -0.39 is 11.7 Å². The molecule has 2 nitrogen and oxygen atoms in total. The molecule has 17 heavy (non-hydrogen) atoms. The molecule has 0 radical (unpaired) electrons. The van der Waals surface area contributed by atoms with E-state index in [1.54, 1.807) is 0 Å². The van der Waals surface area contributed by atoms with Gasteiger partial charge in [-0.05, 0) is 24.3 Å². The topological polar surface area (TPSA) is 21.3 Å². The third-order valence-electron chi connectivity index (χ3n) is 2.23. The fourth-order valence-corrected chi connectivity index (χ4v) is 1.26. The molecule has 1 aliphatic rings. The predicted octanol–water partition coefficient (Wildman–Crippen LogP) is 3.08. The van der Waals surface area contributed by atoms with Crippen molar-refractivity contribution in [2.45, 2.75) is 26.1 Å². The van der Waals surface area contributed by atoms with Crippen molar-refractivity contribution >= 4 is 0 Å². The van der Waals surface area contributed by atoms with E-state index in [9.17, 15) is 13.2 Å². The van der Waals surface area contributed by atoms with Gasteiger partial charge in [0.2, 0.25) is 0 Å². The van der Waals surface area contributed by atoms with Crippen molar-refractivity contribution in [2.24, 2.45) is 0 Å². The van der Waals surface area contributed by atoms with Crippen LogP contribution < -0.4 is 10.1 Å². The van der Waals surface area contributed by atoms with Crippen molar-refractivity contribution in [3.63, 3.8) is 0 Å². The van der Waals surface area contributed by atoms with Gasteiger partial charge in [0.15, 0.2) is 0 Å².